The van der Waals surface area contributed by atoms with Crippen LogP contribution in [0.5, 0.6) is 5.75 Å². The highest BCUT2D eigenvalue weighted by atomic mass is 16.5. The molecule has 0 saturated carbocycles. The number of nitrogens with one attached hydrogen (secondary N) is 1. The highest BCUT2D eigenvalue weighted by molar-refractivity contribution is 5.88. The van der Waals surface area contributed by atoms with Crippen molar-refractivity contribution >= 4 is 10.8 Å². The molecule has 0 fully saturated rings. The van der Waals surface area contributed by atoms with Gasteiger partial charge in [0.05, 0.1) is 6.61 Å². The molecule has 2 rings (SSSR count). The second kappa shape index (κ2) is 6.89. The maximum Gasteiger partial charge on any atom is 0.127 e. The van der Waals surface area contributed by atoms with E-state index in [0.717, 1.165) is 16.5 Å². The largest absolute Gasteiger partial charge is 0.490 e. The number of ether oxygens (including phenoxy) is 1. The van der Waals surface area contributed by atoms with Crippen LogP contribution in [-0.4, -0.2) is 41.6 Å². The van der Waals surface area contributed by atoms with Crippen molar-refractivity contribution in [2.24, 2.45) is 0 Å². The van der Waals surface area contributed by atoms with Gasteiger partial charge in [0.1, 0.15) is 18.5 Å². The molecule has 2 aromatic carbocycles. The van der Waals surface area contributed by atoms with Gasteiger partial charge >= 0.3 is 0 Å². The summed E-state index contributed by atoms with van der Waals surface area (Å²) in [4.78, 5) is 0. The number of hydrogen-bond donors (Lipinski definition) is 3. The summed E-state index contributed by atoms with van der Waals surface area (Å²) in [6, 6.07) is 13.9. The van der Waals surface area contributed by atoms with Crippen LogP contribution in [0.4, 0.5) is 0 Å². The summed E-state index contributed by atoms with van der Waals surface area (Å²) >= 11 is 0. The summed E-state index contributed by atoms with van der Waals surface area (Å²) in [6.45, 7) is 4.36. The van der Waals surface area contributed by atoms with Crippen molar-refractivity contribution in [1.29, 1.82) is 0 Å². The lowest BCUT2D eigenvalue weighted by Crippen LogP contribution is -2.47. The molecule has 21 heavy (non-hydrogen) atoms. The van der Waals surface area contributed by atoms with Gasteiger partial charge in [-0.25, -0.2) is 0 Å². The van der Waals surface area contributed by atoms with E-state index in [4.69, 9.17) is 9.84 Å². The molecule has 0 radical (unpaired) electrons. The molecule has 0 bridgehead atoms. The van der Waals surface area contributed by atoms with Gasteiger partial charge in [-0.2, -0.15) is 0 Å². The van der Waals surface area contributed by atoms with Crippen LogP contribution >= 0.6 is 0 Å². The van der Waals surface area contributed by atoms with Gasteiger partial charge in [-0.05, 0) is 25.3 Å². The van der Waals surface area contributed by atoms with Gasteiger partial charge in [-0.3, -0.25) is 0 Å². The van der Waals surface area contributed by atoms with Crippen LogP contribution in [0.3, 0.4) is 0 Å². The molecule has 0 aliphatic rings. The zero-order valence-corrected chi connectivity index (χ0v) is 12.5. The standard InChI is InChI=1S/C17H23NO3/c1-17(2,12-19)18-10-14(20)11-21-16-9-5-7-13-6-3-4-8-15(13)16/h3-9,14,18-20H,10-12H2,1-2H3/t14-/m0/s1. The summed E-state index contributed by atoms with van der Waals surface area (Å²) in [6.07, 6.45) is -0.630. The molecule has 0 aliphatic carbocycles. The Hall–Kier alpha value is -1.62. The quantitative estimate of drug-likeness (QED) is 0.729. The molecule has 4 nitrogen and oxygen atoms in total. The number of hydrogen-bond acceptors (Lipinski definition) is 4. The molecule has 0 amide bonds. The first kappa shape index (κ1) is 15.8. The number of β-amino-alcohol motifs (C(OH)–C–C–N with tert-alkyl or cyclic N) is 1. The van der Waals surface area contributed by atoms with Gasteiger partial charge in [-0.15, -0.1) is 0 Å². The SMILES string of the molecule is CC(C)(CO)NC[C@H](O)COc1cccc2ccccc12. The Bertz CT molecular complexity index is 578. The normalized spacial score (nSPS) is 13.3. The van der Waals surface area contributed by atoms with Crippen LogP contribution < -0.4 is 10.1 Å². The van der Waals surface area contributed by atoms with Crippen molar-refractivity contribution in [3.63, 3.8) is 0 Å². The van der Waals surface area contributed by atoms with Crippen molar-refractivity contribution < 1.29 is 14.9 Å². The van der Waals surface area contributed by atoms with Gasteiger partial charge in [-0.1, -0.05) is 36.4 Å². The predicted molar refractivity (Wildman–Crippen MR) is 84.6 cm³/mol. The number of aliphatic hydroxyl groups is 2. The third-order valence-corrected chi connectivity index (χ3v) is 3.39. The summed E-state index contributed by atoms with van der Waals surface area (Å²) < 4.78 is 5.73. The molecule has 0 aliphatic heterocycles. The highest BCUT2D eigenvalue weighted by Crippen LogP contribution is 2.25. The summed E-state index contributed by atoms with van der Waals surface area (Å²) in [7, 11) is 0. The van der Waals surface area contributed by atoms with E-state index in [2.05, 4.69) is 5.32 Å². The van der Waals surface area contributed by atoms with Gasteiger partial charge in [0.25, 0.3) is 0 Å². The van der Waals surface area contributed by atoms with Crippen molar-refractivity contribution in [2.45, 2.75) is 25.5 Å². The third-order valence-electron chi connectivity index (χ3n) is 3.39. The van der Waals surface area contributed by atoms with Crippen LogP contribution in [0.25, 0.3) is 10.8 Å². The first-order valence-electron chi connectivity index (χ1n) is 7.16. The lowest BCUT2D eigenvalue weighted by Gasteiger charge is -2.25. The average Bonchev–Trinajstić information content (AvgIpc) is 2.51. The Morgan fingerprint density at radius 1 is 1.14 bits per heavy atom. The Kier molecular flexibility index (Phi) is 5.17. The highest BCUT2D eigenvalue weighted by Gasteiger charge is 2.17. The van der Waals surface area contributed by atoms with Crippen molar-refractivity contribution in [3.8, 4) is 5.75 Å². The van der Waals surface area contributed by atoms with Gasteiger partial charge in [0.15, 0.2) is 0 Å². The van der Waals surface area contributed by atoms with E-state index >= 15 is 0 Å². The number of aliphatic hydroxyl groups excluding tert-OH is 2. The molecule has 4 heteroatoms. The Morgan fingerprint density at radius 3 is 2.62 bits per heavy atom. The summed E-state index contributed by atoms with van der Waals surface area (Å²) in [5, 5.41) is 24.4. The fraction of sp³-hybridized carbons (Fsp3) is 0.412. The maximum atomic E-state index is 9.97. The van der Waals surface area contributed by atoms with Crippen LogP contribution in [-0.2, 0) is 0 Å². The van der Waals surface area contributed by atoms with E-state index < -0.39 is 11.6 Å². The molecule has 0 heterocycles. The van der Waals surface area contributed by atoms with Gasteiger partial charge in [0, 0.05) is 17.5 Å². The van der Waals surface area contributed by atoms with E-state index in [-0.39, 0.29) is 13.2 Å². The number of benzene rings is 2. The second-order valence-corrected chi connectivity index (χ2v) is 5.87. The second-order valence-electron chi connectivity index (χ2n) is 5.87. The molecular formula is C17H23NO3. The maximum absolute atomic E-state index is 9.97. The van der Waals surface area contributed by atoms with E-state index in [9.17, 15) is 5.11 Å². The predicted octanol–water partition coefficient (Wildman–Crippen LogP) is 1.94. The molecule has 0 aromatic heterocycles. The summed E-state index contributed by atoms with van der Waals surface area (Å²) in [5.41, 5.74) is -0.402. The van der Waals surface area contributed by atoms with Gasteiger partial charge < -0.3 is 20.3 Å². The van der Waals surface area contributed by atoms with Crippen molar-refractivity contribution in [2.75, 3.05) is 19.8 Å². The van der Waals surface area contributed by atoms with Gasteiger partial charge in [0.2, 0.25) is 0 Å². The summed E-state index contributed by atoms with van der Waals surface area (Å²) in [5.74, 6) is 0.772. The molecule has 1 atom stereocenters. The zero-order valence-electron chi connectivity index (χ0n) is 12.5. The Balaban J connectivity index is 1.93. The minimum Gasteiger partial charge on any atom is -0.490 e. The fourth-order valence-electron chi connectivity index (χ4n) is 2.02. The Morgan fingerprint density at radius 2 is 1.86 bits per heavy atom. The number of fused-ring (bicyclic) bond motifs is 1. The van der Waals surface area contributed by atoms with Crippen molar-refractivity contribution in [1.82, 2.24) is 5.32 Å². The van der Waals surface area contributed by atoms with E-state index in [1.807, 2.05) is 56.3 Å². The van der Waals surface area contributed by atoms with Crippen molar-refractivity contribution in [3.05, 3.63) is 42.5 Å². The molecule has 0 spiro atoms. The Labute approximate surface area is 125 Å². The zero-order chi connectivity index (χ0) is 15.3. The van der Waals surface area contributed by atoms with Crippen LogP contribution in [0, 0.1) is 0 Å². The van der Waals surface area contributed by atoms with Crippen LogP contribution in [0.1, 0.15) is 13.8 Å². The first-order valence-corrected chi connectivity index (χ1v) is 7.16. The molecule has 0 unspecified atom stereocenters. The lowest BCUT2D eigenvalue weighted by molar-refractivity contribution is 0.0913. The van der Waals surface area contributed by atoms with E-state index in [0.29, 0.717) is 6.54 Å². The molecular weight excluding hydrogens is 266 g/mol. The van der Waals surface area contributed by atoms with E-state index in [1.165, 1.54) is 0 Å². The lowest BCUT2D eigenvalue weighted by atomic mass is 10.1. The molecule has 2 aromatic rings. The first-order chi connectivity index (χ1) is 10.0. The topological polar surface area (TPSA) is 61.7 Å². The minimum atomic E-state index is -0.630. The molecule has 114 valence electrons. The third kappa shape index (κ3) is 4.43. The van der Waals surface area contributed by atoms with Crippen LogP contribution in [0.15, 0.2) is 42.5 Å². The number of rotatable bonds is 7. The minimum absolute atomic E-state index is 0.0178. The monoisotopic (exact) mass is 289 g/mol. The average molecular weight is 289 g/mol. The molecule has 3 N–H and O–H groups in total. The fourth-order valence-corrected chi connectivity index (χ4v) is 2.02. The van der Waals surface area contributed by atoms with Crippen LogP contribution in [0.2, 0.25) is 0 Å². The smallest absolute Gasteiger partial charge is 0.127 e. The van der Waals surface area contributed by atoms with E-state index in [1.54, 1.807) is 0 Å². The molecule has 0 saturated heterocycles.